The number of allylic oxidation sites excluding steroid dienone is 4. The predicted molar refractivity (Wildman–Crippen MR) is 143 cm³/mol. The van der Waals surface area contributed by atoms with Gasteiger partial charge in [0.2, 0.25) is 5.78 Å². The van der Waals surface area contributed by atoms with Crippen molar-refractivity contribution in [2.24, 2.45) is 50.2 Å². The minimum atomic E-state index is -0.712. The number of ketones is 2. The summed E-state index contributed by atoms with van der Waals surface area (Å²) in [6, 6.07) is 0. The smallest absolute Gasteiger partial charge is 0.311 e. The third-order valence-electron chi connectivity index (χ3n) is 12.7. The van der Waals surface area contributed by atoms with Gasteiger partial charge in [0.25, 0.3) is 0 Å². The van der Waals surface area contributed by atoms with Crippen molar-refractivity contribution in [3.63, 3.8) is 0 Å². The lowest BCUT2D eigenvalue weighted by atomic mass is 9.34. The average molecular weight is 511 g/mol. The van der Waals surface area contributed by atoms with E-state index in [1.54, 1.807) is 6.08 Å². The third kappa shape index (κ3) is 3.24. The van der Waals surface area contributed by atoms with Gasteiger partial charge in [-0.1, -0.05) is 47.1 Å². The molecule has 0 amide bonds. The summed E-state index contributed by atoms with van der Waals surface area (Å²) >= 11 is 0. The Balaban J connectivity index is 1.63. The molecule has 0 bridgehead atoms. The molecule has 8 atom stereocenters. The molecule has 0 spiro atoms. The van der Waals surface area contributed by atoms with Crippen molar-refractivity contribution in [2.75, 3.05) is 6.61 Å². The lowest BCUT2D eigenvalue weighted by Gasteiger charge is -2.69. The molecule has 0 aromatic heterocycles. The molecule has 37 heavy (non-hydrogen) atoms. The monoisotopic (exact) mass is 510 g/mol. The highest BCUT2D eigenvalue weighted by atomic mass is 16.5. The summed E-state index contributed by atoms with van der Waals surface area (Å²) in [6.07, 6.45) is 10.0. The highest BCUT2D eigenvalue weighted by Gasteiger charge is 2.70. The molecule has 5 aliphatic carbocycles. The first-order valence-electron chi connectivity index (χ1n) is 14.4. The SMILES string of the molecule is CCOC(=O)[C@@]1(C)CC[C@]2(C)CC[C@]3(C)C(=CC(=O)[C@@H]4[C@@]5(C)C=C(O)C(=O)C(C)(C)[C@@H]5CC[C@]43C)[C@@H]2C1. The number of carbonyl (C=O) groups is 3. The number of aliphatic hydroxyl groups excluding tert-OH is 1. The largest absolute Gasteiger partial charge is 0.505 e. The van der Waals surface area contributed by atoms with Crippen LogP contribution in [0.5, 0.6) is 0 Å². The number of ether oxygens (including phenoxy) is 1. The van der Waals surface area contributed by atoms with Crippen LogP contribution in [0.1, 0.15) is 100 Å². The molecule has 5 aliphatic rings. The van der Waals surface area contributed by atoms with Crippen LogP contribution in [-0.4, -0.2) is 29.2 Å². The van der Waals surface area contributed by atoms with E-state index < -0.39 is 16.2 Å². The molecule has 1 N–H and O–H groups in total. The van der Waals surface area contributed by atoms with Crippen molar-refractivity contribution in [1.82, 2.24) is 0 Å². The van der Waals surface area contributed by atoms with Gasteiger partial charge in [0, 0.05) is 16.7 Å². The molecule has 3 saturated carbocycles. The van der Waals surface area contributed by atoms with E-state index in [-0.39, 0.29) is 57.3 Å². The van der Waals surface area contributed by atoms with Crippen LogP contribution >= 0.6 is 0 Å². The Labute approximate surface area is 222 Å². The lowest BCUT2D eigenvalue weighted by molar-refractivity contribution is -0.174. The van der Waals surface area contributed by atoms with Crippen molar-refractivity contribution in [3.8, 4) is 0 Å². The summed E-state index contributed by atoms with van der Waals surface area (Å²) in [5, 5.41) is 10.8. The van der Waals surface area contributed by atoms with E-state index in [0.29, 0.717) is 6.61 Å². The topological polar surface area (TPSA) is 80.7 Å². The van der Waals surface area contributed by atoms with Crippen LogP contribution < -0.4 is 0 Å². The molecule has 5 rings (SSSR count). The van der Waals surface area contributed by atoms with Gasteiger partial charge in [-0.3, -0.25) is 14.4 Å². The van der Waals surface area contributed by atoms with Gasteiger partial charge in [-0.05, 0) is 99.0 Å². The van der Waals surface area contributed by atoms with E-state index in [1.165, 1.54) is 5.57 Å². The van der Waals surface area contributed by atoms with E-state index in [9.17, 15) is 19.5 Å². The maximum absolute atomic E-state index is 14.3. The van der Waals surface area contributed by atoms with Gasteiger partial charge in [-0.2, -0.15) is 0 Å². The van der Waals surface area contributed by atoms with Gasteiger partial charge in [0.1, 0.15) is 0 Å². The number of aliphatic hydroxyl groups is 1. The Bertz CT molecular complexity index is 1130. The minimum Gasteiger partial charge on any atom is -0.505 e. The molecule has 5 nitrogen and oxygen atoms in total. The van der Waals surface area contributed by atoms with Crippen molar-refractivity contribution < 1.29 is 24.2 Å². The first-order chi connectivity index (χ1) is 17.0. The maximum Gasteiger partial charge on any atom is 0.311 e. The minimum absolute atomic E-state index is 0.000354. The van der Waals surface area contributed by atoms with Crippen LogP contribution in [0.25, 0.3) is 0 Å². The van der Waals surface area contributed by atoms with Crippen LogP contribution in [0.4, 0.5) is 0 Å². The molecule has 0 aromatic rings. The Kier molecular flexibility index (Phi) is 5.64. The number of carbonyl (C=O) groups excluding carboxylic acids is 3. The van der Waals surface area contributed by atoms with Gasteiger partial charge in [0.15, 0.2) is 11.5 Å². The Morgan fingerprint density at radius 3 is 2.30 bits per heavy atom. The number of Topliss-reactive ketones (excluding diaryl/α,β-unsaturated/α-hetero) is 1. The molecule has 5 heteroatoms. The molecule has 0 unspecified atom stereocenters. The summed E-state index contributed by atoms with van der Waals surface area (Å²) in [4.78, 5) is 40.3. The van der Waals surface area contributed by atoms with Crippen molar-refractivity contribution in [1.29, 1.82) is 0 Å². The Hall–Kier alpha value is -1.91. The van der Waals surface area contributed by atoms with Gasteiger partial charge in [-0.15, -0.1) is 0 Å². The summed E-state index contributed by atoms with van der Waals surface area (Å²) < 4.78 is 5.51. The van der Waals surface area contributed by atoms with Crippen molar-refractivity contribution >= 4 is 17.5 Å². The fourth-order valence-electron chi connectivity index (χ4n) is 10.2. The zero-order valence-electron chi connectivity index (χ0n) is 24.1. The van der Waals surface area contributed by atoms with Crippen LogP contribution in [0.15, 0.2) is 23.5 Å². The van der Waals surface area contributed by atoms with E-state index in [1.807, 2.05) is 33.8 Å². The molecule has 0 heterocycles. The zero-order chi connectivity index (χ0) is 27.4. The number of hydrogen-bond acceptors (Lipinski definition) is 5. The number of rotatable bonds is 2. The second-order valence-electron chi connectivity index (χ2n) is 14.9. The summed E-state index contributed by atoms with van der Waals surface area (Å²) in [6.45, 7) is 17.3. The fourth-order valence-corrected chi connectivity index (χ4v) is 10.2. The normalized spacial score (nSPS) is 48.5. The number of hydrogen-bond donors (Lipinski definition) is 1. The van der Waals surface area contributed by atoms with Crippen molar-refractivity contribution in [3.05, 3.63) is 23.5 Å². The number of esters is 1. The van der Waals surface area contributed by atoms with Crippen LogP contribution in [0.3, 0.4) is 0 Å². The van der Waals surface area contributed by atoms with Crippen LogP contribution in [0, 0.1) is 50.2 Å². The Morgan fingerprint density at radius 2 is 1.65 bits per heavy atom. The summed E-state index contributed by atoms with van der Waals surface area (Å²) in [5.74, 6) is -0.517. The second kappa shape index (κ2) is 7.82. The van der Waals surface area contributed by atoms with E-state index in [4.69, 9.17) is 4.74 Å². The van der Waals surface area contributed by atoms with E-state index in [2.05, 4.69) is 27.7 Å². The first kappa shape index (κ1) is 26.7. The highest BCUT2D eigenvalue weighted by Crippen LogP contribution is 2.74. The predicted octanol–water partition coefficient (Wildman–Crippen LogP) is 6.76. The summed E-state index contributed by atoms with van der Waals surface area (Å²) in [7, 11) is 0. The quantitative estimate of drug-likeness (QED) is 0.415. The van der Waals surface area contributed by atoms with Gasteiger partial charge in [0.05, 0.1) is 12.0 Å². The Morgan fingerprint density at radius 1 is 1.00 bits per heavy atom. The molecule has 0 aromatic carbocycles. The van der Waals surface area contributed by atoms with Crippen molar-refractivity contribution in [2.45, 2.75) is 100 Å². The van der Waals surface area contributed by atoms with E-state index >= 15 is 0 Å². The van der Waals surface area contributed by atoms with E-state index in [0.717, 1.165) is 44.9 Å². The highest BCUT2D eigenvalue weighted by molar-refractivity contribution is 6.00. The molecule has 204 valence electrons. The molecule has 0 aliphatic heterocycles. The lowest BCUT2D eigenvalue weighted by Crippen LogP contribution is -2.65. The standard InChI is InChI=1S/C32H46O5/c1-9-37-26(36)29(5)13-12-28(4)14-15-31(7)19(20(28)17-29)16-21(33)24-30(6)18-22(34)25(35)27(2,3)23(30)10-11-32(24,31)8/h16,18,20,23-24,34H,9-15,17H2,1-8H3/t20-,23-,24+,28+,29-,30-,31+,32+/m0/s1. The van der Waals surface area contributed by atoms with Gasteiger partial charge < -0.3 is 9.84 Å². The molecule has 3 fully saturated rings. The molecular weight excluding hydrogens is 464 g/mol. The second-order valence-corrected chi connectivity index (χ2v) is 14.9. The zero-order valence-corrected chi connectivity index (χ0v) is 24.1. The fraction of sp³-hybridized carbons (Fsp3) is 0.781. The van der Waals surface area contributed by atoms with Crippen LogP contribution in [0.2, 0.25) is 0 Å². The first-order valence-corrected chi connectivity index (χ1v) is 14.4. The van der Waals surface area contributed by atoms with Crippen LogP contribution in [-0.2, 0) is 19.1 Å². The maximum atomic E-state index is 14.3. The summed E-state index contributed by atoms with van der Waals surface area (Å²) in [5.41, 5.74) is -1.02. The molecule has 0 radical (unpaired) electrons. The number of fused-ring (bicyclic) bond motifs is 7. The third-order valence-corrected chi connectivity index (χ3v) is 12.7. The van der Waals surface area contributed by atoms with Gasteiger partial charge >= 0.3 is 5.97 Å². The molecule has 0 saturated heterocycles. The molecular formula is C32H46O5. The van der Waals surface area contributed by atoms with Gasteiger partial charge in [-0.25, -0.2) is 0 Å². The average Bonchev–Trinajstić information content (AvgIpc) is 2.80.